The van der Waals surface area contributed by atoms with Gasteiger partial charge in [-0.25, -0.2) is 0 Å². The van der Waals surface area contributed by atoms with Gasteiger partial charge in [-0.3, -0.25) is 4.79 Å². The molecule has 4 nitrogen and oxygen atoms in total. The van der Waals surface area contributed by atoms with Crippen molar-refractivity contribution in [2.24, 2.45) is 23.7 Å². The van der Waals surface area contributed by atoms with E-state index in [0.29, 0.717) is 23.0 Å². The lowest BCUT2D eigenvalue weighted by Gasteiger charge is -2.11. The topological polar surface area (TPSA) is 81.1 Å². The minimum atomic E-state index is -0.0298. The van der Waals surface area contributed by atoms with Crippen molar-refractivity contribution >= 4 is 17.3 Å². The van der Waals surface area contributed by atoms with Gasteiger partial charge in [0.15, 0.2) is 0 Å². The molecule has 3 fully saturated rings. The molecule has 1 aromatic rings. The highest BCUT2D eigenvalue weighted by atomic mass is 16.1. The summed E-state index contributed by atoms with van der Waals surface area (Å²) < 4.78 is 0. The standard InChI is InChI=1S/C15H19N3O/c16-10-4-9(5-11(17)6-10)15(19)18-14-12-7-1-2-8(3-7)13(12)14/h4-8,12-14H,1-3,16-17H2,(H,18,19). The number of hydrogen-bond acceptors (Lipinski definition) is 3. The monoisotopic (exact) mass is 257 g/mol. The van der Waals surface area contributed by atoms with E-state index in [1.54, 1.807) is 18.2 Å². The Bertz CT molecular complexity index is 520. The fourth-order valence-corrected chi connectivity index (χ4v) is 4.56. The van der Waals surface area contributed by atoms with Gasteiger partial charge >= 0.3 is 0 Å². The molecule has 0 saturated heterocycles. The van der Waals surface area contributed by atoms with E-state index >= 15 is 0 Å². The van der Waals surface area contributed by atoms with Crippen molar-refractivity contribution < 1.29 is 4.79 Å². The average molecular weight is 257 g/mol. The Balaban J connectivity index is 1.48. The van der Waals surface area contributed by atoms with Crippen molar-refractivity contribution in [3.63, 3.8) is 0 Å². The SMILES string of the molecule is Nc1cc(N)cc(C(=O)NC2C3C4CCC(C4)C23)c1. The molecule has 0 spiro atoms. The Morgan fingerprint density at radius 1 is 1.05 bits per heavy atom. The first-order valence-electron chi connectivity index (χ1n) is 7.10. The Hall–Kier alpha value is -1.71. The second kappa shape index (κ2) is 3.65. The molecule has 4 heteroatoms. The maximum atomic E-state index is 12.2. The second-order valence-corrected chi connectivity index (χ2v) is 6.38. The summed E-state index contributed by atoms with van der Waals surface area (Å²) in [6, 6.07) is 5.46. The molecule has 1 amide bonds. The lowest BCUT2D eigenvalue weighted by atomic mass is 10.0. The molecule has 5 N–H and O–H groups in total. The lowest BCUT2D eigenvalue weighted by molar-refractivity contribution is 0.0944. The van der Waals surface area contributed by atoms with Gasteiger partial charge in [0.2, 0.25) is 0 Å². The Morgan fingerprint density at radius 3 is 2.21 bits per heavy atom. The van der Waals surface area contributed by atoms with Gasteiger partial charge < -0.3 is 16.8 Å². The zero-order valence-corrected chi connectivity index (χ0v) is 10.8. The summed E-state index contributed by atoms with van der Waals surface area (Å²) in [5.41, 5.74) is 13.1. The summed E-state index contributed by atoms with van der Waals surface area (Å²) in [4.78, 5) is 12.2. The van der Waals surface area contributed by atoms with E-state index in [0.717, 1.165) is 23.7 Å². The molecule has 4 unspecified atom stereocenters. The van der Waals surface area contributed by atoms with Crippen molar-refractivity contribution in [2.75, 3.05) is 11.5 Å². The number of nitrogen functional groups attached to an aromatic ring is 2. The number of nitrogens with two attached hydrogens (primary N) is 2. The molecule has 0 aliphatic heterocycles. The number of rotatable bonds is 2. The molecule has 100 valence electrons. The van der Waals surface area contributed by atoms with Crippen LogP contribution in [0.1, 0.15) is 29.6 Å². The van der Waals surface area contributed by atoms with Crippen LogP contribution in [-0.4, -0.2) is 11.9 Å². The van der Waals surface area contributed by atoms with Gasteiger partial charge in [-0.2, -0.15) is 0 Å². The van der Waals surface area contributed by atoms with Gasteiger partial charge in [-0.1, -0.05) is 0 Å². The number of benzene rings is 1. The number of nitrogens with one attached hydrogen (secondary N) is 1. The summed E-state index contributed by atoms with van der Waals surface area (Å²) in [6.07, 6.45) is 4.12. The number of anilines is 2. The van der Waals surface area contributed by atoms with E-state index in [4.69, 9.17) is 11.5 Å². The molecule has 3 aliphatic rings. The van der Waals surface area contributed by atoms with Crippen LogP contribution in [0, 0.1) is 23.7 Å². The zero-order chi connectivity index (χ0) is 13.1. The fraction of sp³-hybridized carbons (Fsp3) is 0.533. The van der Waals surface area contributed by atoms with Gasteiger partial charge in [0.05, 0.1) is 0 Å². The molecule has 0 radical (unpaired) electrons. The van der Waals surface area contributed by atoms with Crippen LogP contribution < -0.4 is 16.8 Å². The predicted octanol–water partition coefficient (Wildman–Crippen LogP) is 1.63. The molecule has 4 atom stereocenters. The van der Waals surface area contributed by atoms with Crippen LogP contribution in [0.2, 0.25) is 0 Å². The van der Waals surface area contributed by atoms with Crippen molar-refractivity contribution in [1.82, 2.24) is 5.32 Å². The molecule has 0 aromatic heterocycles. The molecular weight excluding hydrogens is 238 g/mol. The normalized spacial score (nSPS) is 38.0. The highest BCUT2D eigenvalue weighted by molar-refractivity contribution is 5.96. The number of fused-ring (bicyclic) bond motifs is 5. The predicted molar refractivity (Wildman–Crippen MR) is 74.3 cm³/mol. The first-order valence-corrected chi connectivity index (χ1v) is 7.10. The van der Waals surface area contributed by atoms with E-state index in [9.17, 15) is 4.79 Å². The third-order valence-electron chi connectivity index (χ3n) is 5.27. The van der Waals surface area contributed by atoms with Crippen LogP contribution in [0.5, 0.6) is 0 Å². The highest BCUT2D eigenvalue weighted by Gasteiger charge is 2.65. The van der Waals surface area contributed by atoms with Crippen molar-refractivity contribution in [1.29, 1.82) is 0 Å². The minimum Gasteiger partial charge on any atom is -0.399 e. The second-order valence-electron chi connectivity index (χ2n) is 6.38. The number of carbonyl (C=O) groups excluding carboxylic acids is 1. The van der Waals surface area contributed by atoms with Gasteiger partial charge in [0, 0.05) is 23.0 Å². The van der Waals surface area contributed by atoms with Gasteiger partial charge in [-0.05, 0) is 61.1 Å². The molecule has 19 heavy (non-hydrogen) atoms. The van der Waals surface area contributed by atoms with Crippen molar-refractivity contribution in [3.8, 4) is 0 Å². The van der Waals surface area contributed by atoms with Gasteiger partial charge in [-0.15, -0.1) is 0 Å². The summed E-state index contributed by atoms with van der Waals surface area (Å²) >= 11 is 0. The van der Waals surface area contributed by atoms with E-state index in [-0.39, 0.29) is 5.91 Å². The summed E-state index contributed by atoms with van der Waals surface area (Å²) in [5.74, 6) is 3.21. The summed E-state index contributed by atoms with van der Waals surface area (Å²) in [5, 5.41) is 3.18. The zero-order valence-electron chi connectivity index (χ0n) is 10.8. The Morgan fingerprint density at radius 2 is 1.63 bits per heavy atom. The number of amides is 1. The van der Waals surface area contributed by atoms with Crippen molar-refractivity contribution in [2.45, 2.75) is 25.3 Å². The van der Waals surface area contributed by atoms with Crippen LogP contribution >= 0.6 is 0 Å². The first-order chi connectivity index (χ1) is 9.13. The summed E-state index contributed by atoms with van der Waals surface area (Å²) in [6.45, 7) is 0. The lowest BCUT2D eigenvalue weighted by Crippen LogP contribution is -2.30. The van der Waals surface area contributed by atoms with Crippen LogP contribution in [0.4, 0.5) is 11.4 Å². The maximum Gasteiger partial charge on any atom is 0.251 e. The van der Waals surface area contributed by atoms with E-state index in [1.807, 2.05) is 0 Å². The third-order valence-corrected chi connectivity index (χ3v) is 5.27. The molecule has 1 aromatic carbocycles. The van der Waals surface area contributed by atoms with Crippen LogP contribution in [-0.2, 0) is 0 Å². The molecule has 3 saturated carbocycles. The molecule has 4 rings (SSSR count). The largest absolute Gasteiger partial charge is 0.399 e. The fourth-order valence-electron chi connectivity index (χ4n) is 4.56. The highest BCUT2D eigenvalue weighted by Crippen LogP contribution is 2.65. The van der Waals surface area contributed by atoms with Crippen LogP contribution in [0.15, 0.2) is 18.2 Å². The number of carbonyl (C=O) groups is 1. The maximum absolute atomic E-state index is 12.2. The molecule has 0 heterocycles. The van der Waals surface area contributed by atoms with Crippen LogP contribution in [0.3, 0.4) is 0 Å². The Kier molecular flexibility index (Phi) is 2.14. The van der Waals surface area contributed by atoms with E-state index < -0.39 is 0 Å². The molecule has 2 bridgehead atoms. The third kappa shape index (κ3) is 1.62. The number of hydrogen-bond donors (Lipinski definition) is 3. The average Bonchev–Trinajstić information content (AvgIpc) is 2.76. The van der Waals surface area contributed by atoms with Gasteiger partial charge in [0.25, 0.3) is 5.91 Å². The van der Waals surface area contributed by atoms with Gasteiger partial charge in [0.1, 0.15) is 0 Å². The van der Waals surface area contributed by atoms with E-state index in [2.05, 4.69) is 5.32 Å². The molecular formula is C15H19N3O. The first kappa shape index (κ1) is 11.1. The minimum absolute atomic E-state index is 0.0298. The Labute approximate surface area is 112 Å². The summed E-state index contributed by atoms with van der Waals surface area (Å²) in [7, 11) is 0. The molecule has 3 aliphatic carbocycles. The quantitative estimate of drug-likeness (QED) is 0.704. The van der Waals surface area contributed by atoms with Crippen molar-refractivity contribution in [3.05, 3.63) is 23.8 Å². The smallest absolute Gasteiger partial charge is 0.251 e. The van der Waals surface area contributed by atoms with E-state index in [1.165, 1.54) is 19.3 Å². The van der Waals surface area contributed by atoms with Crippen LogP contribution in [0.25, 0.3) is 0 Å².